The van der Waals surface area contributed by atoms with E-state index >= 15 is 0 Å². The number of piperidine rings is 2. The fraction of sp³-hybridized carbons (Fsp3) is 0.417. The molecule has 0 spiro atoms. The molecule has 2 aliphatic heterocycles. The maximum atomic E-state index is 13.6. The van der Waals surface area contributed by atoms with Gasteiger partial charge in [-0.25, -0.2) is 17.4 Å². The Morgan fingerprint density at radius 2 is 1.76 bits per heavy atom. The van der Waals surface area contributed by atoms with E-state index in [-0.39, 0.29) is 4.90 Å². The molecule has 1 unspecified atom stereocenters. The molecule has 10 heteroatoms. The number of fused-ring (bicyclic) bond motifs is 2. The molecule has 5 heterocycles. The van der Waals surface area contributed by atoms with Crippen molar-refractivity contribution in [3.05, 3.63) is 72.7 Å². The van der Waals surface area contributed by atoms with Crippen LogP contribution in [0.5, 0.6) is 11.5 Å². The normalized spacial score (nSPS) is 18.4. The molecule has 2 aromatic carbocycles. The monoisotopic (exact) mass is 641 g/mol. The molecule has 1 N–H and O–H groups in total. The molecular formula is C36H43N5O4S. The molecule has 242 valence electrons. The van der Waals surface area contributed by atoms with E-state index in [0.29, 0.717) is 24.0 Å². The van der Waals surface area contributed by atoms with Crippen LogP contribution < -0.4 is 14.8 Å². The molecule has 7 rings (SSSR count). The van der Waals surface area contributed by atoms with Crippen LogP contribution in [0.3, 0.4) is 0 Å². The molecule has 0 radical (unpaired) electrons. The van der Waals surface area contributed by atoms with E-state index in [0.717, 1.165) is 70.8 Å². The molecular weight excluding hydrogens is 598 g/mol. The van der Waals surface area contributed by atoms with E-state index in [1.807, 2.05) is 32.2 Å². The SMILES string of the molecule is COc1cc2c(-c3ccnc4c3ccn4S(=O)(=O)c3ccc(C)cc3)cn(C)c2cc1OCCN1CCCCC1C1CCNCC1. The first-order valence-electron chi connectivity index (χ1n) is 16.4. The minimum atomic E-state index is -3.81. The van der Waals surface area contributed by atoms with Gasteiger partial charge < -0.3 is 19.4 Å². The first kappa shape index (κ1) is 30.8. The van der Waals surface area contributed by atoms with Crippen LogP contribution in [0.4, 0.5) is 0 Å². The van der Waals surface area contributed by atoms with Gasteiger partial charge in [-0.3, -0.25) is 4.90 Å². The fourth-order valence-electron chi connectivity index (χ4n) is 7.47. The number of likely N-dealkylation sites (tertiary alicyclic amines) is 1. The molecule has 2 saturated heterocycles. The Labute approximate surface area is 271 Å². The van der Waals surface area contributed by atoms with Crippen LogP contribution in [0.25, 0.3) is 33.1 Å². The van der Waals surface area contributed by atoms with Crippen LogP contribution in [0.1, 0.15) is 37.7 Å². The van der Waals surface area contributed by atoms with E-state index in [1.165, 1.54) is 36.1 Å². The van der Waals surface area contributed by atoms with Crippen molar-refractivity contribution < 1.29 is 17.9 Å². The second-order valence-electron chi connectivity index (χ2n) is 12.7. The molecule has 1 atom stereocenters. The average Bonchev–Trinajstić information content (AvgIpc) is 3.66. The Hall–Kier alpha value is -3.86. The molecule has 0 bridgehead atoms. The molecule has 0 aliphatic carbocycles. The van der Waals surface area contributed by atoms with Crippen molar-refractivity contribution in [1.82, 2.24) is 23.7 Å². The molecule has 0 amide bonds. The number of ether oxygens (including phenoxy) is 2. The number of pyridine rings is 1. The van der Waals surface area contributed by atoms with Crippen LogP contribution in [-0.4, -0.2) is 72.8 Å². The Bertz CT molecular complexity index is 1960. The van der Waals surface area contributed by atoms with Gasteiger partial charge in [-0.05, 0) is 94.1 Å². The van der Waals surface area contributed by atoms with Crippen molar-refractivity contribution in [3.8, 4) is 22.6 Å². The van der Waals surface area contributed by atoms with E-state index in [4.69, 9.17) is 9.47 Å². The topological polar surface area (TPSA) is 90.6 Å². The summed E-state index contributed by atoms with van der Waals surface area (Å²) in [6.45, 7) is 6.85. The zero-order valence-corrected chi connectivity index (χ0v) is 27.7. The Morgan fingerprint density at radius 1 is 0.957 bits per heavy atom. The number of hydrogen-bond acceptors (Lipinski definition) is 7. The number of rotatable bonds is 9. The van der Waals surface area contributed by atoms with Crippen LogP contribution >= 0.6 is 0 Å². The summed E-state index contributed by atoms with van der Waals surface area (Å²) in [6.07, 6.45) is 11.7. The standard InChI is InChI=1S/C36H43N5O4S/c1-25-7-9-27(10-8-25)46(42,43)41-19-14-29-28(13-17-38-36(29)41)31-24-39(2)33-23-35(34(44-3)22-30(31)33)45-21-20-40-18-5-4-6-32(40)26-11-15-37-16-12-26/h7-10,13-14,17,19,22-24,26,32,37H,4-6,11-12,15-16,18,20-21H2,1-3H3. The molecule has 9 nitrogen and oxygen atoms in total. The van der Waals surface area contributed by atoms with Crippen LogP contribution in [-0.2, 0) is 17.1 Å². The van der Waals surface area contributed by atoms with Gasteiger partial charge in [0, 0.05) is 60.6 Å². The quantitative estimate of drug-likeness (QED) is 0.212. The number of nitrogens with zero attached hydrogens (tertiary/aromatic N) is 4. The molecule has 3 aromatic heterocycles. The van der Waals surface area contributed by atoms with Crippen molar-refractivity contribution >= 4 is 32.0 Å². The van der Waals surface area contributed by atoms with Gasteiger partial charge in [0.2, 0.25) is 0 Å². The second kappa shape index (κ2) is 12.7. The summed E-state index contributed by atoms with van der Waals surface area (Å²) in [4.78, 5) is 7.39. The number of aromatic nitrogens is 3. The lowest BCUT2D eigenvalue weighted by molar-refractivity contribution is 0.0707. The average molecular weight is 642 g/mol. The molecule has 0 saturated carbocycles. The summed E-state index contributed by atoms with van der Waals surface area (Å²) >= 11 is 0. The lowest BCUT2D eigenvalue weighted by Crippen LogP contribution is -2.48. The number of methoxy groups -OCH3 is 1. The number of aryl methyl sites for hydroxylation is 2. The van der Waals surface area contributed by atoms with E-state index in [9.17, 15) is 8.42 Å². The lowest BCUT2D eigenvalue weighted by atomic mass is 9.84. The van der Waals surface area contributed by atoms with Gasteiger partial charge >= 0.3 is 0 Å². The summed E-state index contributed by atoms with van der Waals surface area (Å²) in [6, 6.07) is 15.4. The fourth-order valence-corrected chi connectivity index (χ4v) is 8.78. The van der Waals surface area contributed by atoms with Crippen molar-refractivity contribution in [2.24, 2.45) is 13.0 Å². The van der Waals surface area contributed by atoms with Crippen molar-refractivity contribution in [1.29, 1.82) is 0 Å². The van der Waals surface area contributed by atoms with Crippen molar-refractivity contribution in [3.63, 3.8) is 0 Å². The first-order chi connectivity index (χ1) is 22.3. The Kier molecular flexibility index (Phi) is 8.52. The maximum Gasteiger partial charge on any atom is 0.269 e. The van der Waals surface area contributed by atoms with Crippen LogP contribution in [0.2, 0.25) is 0 Å². The zero-order valence-electron chi connectivity index (χ0n) is 26.9. The van der Waals surface area contributed by atoms with Gasteiger partial charge in [-0.15, -0.1) is 0 Å². The first-order valence-corrected chi connectivity index (χ1v) is 17.8. The molecule has 2 fully saturated rings. The Balaban J connectivity index is 1.17. The van der Waals surface area contributed by atoms with Gasteiger partial charge in [-0.1, -0.05) is 24.1 Å². The maximum absolute atomic E-state index is 13.6. The summed E-state index contributed by atoms with van der Waals surface area (Å²) in [7, 11) is -0.118. The van der Waals surface area contributed by atoms with Gasteiger partial charge in [0.05, 0.1) is 17.5 Å². The smallest absolute Gasteiger partial charge is 0.269 e. The third-order valence-electron chi connectivity index (χ3n) is 9.93. The van der Waals surface area contributed by atoms with E-state index in [2.05, 4.69) is 32.0 Å². The highest BCUT2D eigenvalue weighted by molar-refractivity contribution is 7.90. The molecule has 2 aliphatic rings. The predicted octanol–water partition coefficient (Wildman–Crippen LogP) is 5.98. The van der Waals surface area contributed by atoms with Crippen molar-refractivity contribution in [2.45, 2.75) is 50.0 Å². The largest absolute Gasteiger partial charge is 0.493 e. The summed E-state index contributed by atoms with van der Waals surface area (Å²) in [5.74, 6) is 2.18. The number of benzene rings is 2. The third-order valence-corrected chi connectivity index (χ3v) is 11.6. The second-order valence-corrected chi connectivity index (χ2v) is 14.5. The minimum absolute atomic E-state index is 0.229. The van der Waals surface area contributed by atoms with E-state index in [1.54, 1.807) is 43.8 Å². The highest BCUT2D eigenvalue weighted by Gasteiger charge is 2.30. The van der Waals surface area contributed by atoms with Crippen LogP contribution in [0.15, 0.2) is 72.0 Å². The van der Waals surface area contributed by atoms with Gasteiger partial charge in [-0.2, -0.15) is 0 Å². The van der Waals surface area contributed by atoms with Gasteiger partial charge in [0.25, 0.3) is 10.0 Å². The summed E-state index contributed by atoms with van der Waals surface area (Å²) in [5.41, 5.74) is 4.27. The third kappa shape index (κ3) is 5.67. The Morgan fingerprint density at radius 3 is 2.54 bits per heavy atom. The highest BCUT2D eigenvalue weighted by Crippen LogP contribution is 2.40. The molecule has 46 heavy (non-hydrogen) atoms. The summed E-state index contributed by atoms with van der Waals surface area (Å²) in [5, 5.41) is 5.27. The predicted molar refractivity (Wildman–Crippen MR) is 182 cm³/mol. The zero-order chi connectivity index (χ0) is 31.8. The molecule has 5 aromatic rings. The van der Waals surface area contributed by atoms with Gasteiger partial charge in [0.1, 0.15) is 6.61 Å². The minimum Gasteiger partial charge on any atom is -0.493 e. The number of hydrogen-bond donors (Lipinski definition) is 1. The van der Waals surface area contributed by atoms with Crippen LogP contribution in [0, 0.1) is 12.8 Å². The van der Waals surface area contributed by atoms with Crippen molar-refractivity contribution in [2.75, 3.05) is 39.9 Å². The highest BCUT2D eigenvalue weighted by atomic mass is 32.2. The van der Waals surface area contributed by atoms with E-state index < -0.39 is 10.0 Å². The number of nitrogens with one attached hydrogen (secondary N) is 1. The summed E-state index contributed by atoms with van der Waals surface area (Å²) < 4.78 is 42.8. The van der Waals surface area contributed by atoms with Gasteiger partial charge in [0.15, 0.2) is 17.1 Å². The lowest BCUT2D eigenvalue weighted by Gasteiger charge is -2.42.